The molecule has 4 heterocycles. The van der Waals surface area contributed by atoms with Crippen LogP contribution in [-0.4, -0.2) is 14.1 Å². The smallest absolute Gasteiger partial charge is 0.155 e. The van der Waals surface area contributed by atoms with Gasteiger partial charge in [0.1, 0.15) is 0 Å². The molecule has 0 atom stereocenters. The molecule has 0 fully saturated rings. The zero-order valence-electron chi connectivity index (χ0n) is 27.5. The summed E-state index contributed by atoms with van der Waals surface area (Å²) in [6, 6.07) is 61.5. The van der Waals surface area contributed by atoms with Crippen LogP contribution >= 0.6 is 11.3 Å². The highest BCUT2D eigenvalue weighted by Crippen LogP contribution is 2.44. The van der Waals surface area contributed by atoms with Gasteiger partial charge >= 0.3 is 0 Å². The van der Waals surface area contributed by atoms with Crippen molar-refractivity contribution in [1.82, 2.24) is 14.1 Å². The predicted octanol–water partition coefficient (Wildman–Crippen LogP) is 13.0. The van der Waals surface area contributed by atoms with Crippen LogP contribution in [0.4, 0.5) is 0 Å². The number of aromatic nitrogens is 3. The molecule has 0 aliphatic rings. The first-order chi connectivity index (χ1) is 25.3. The third kappa shape index (κ3) is 4.21. The molecule has 11 rings (SSSR count). The molecule has 0 saturated carbocycles. The van der Waals surface area contributed by atoms with Gasteiger partial charge in [-0.2, -0.15) is 0 Å². The molecule has 0 saturated heterocycles. The molecule has 0 spiro atoms. The predicted molar refractivity (Wildman–Crippen MR) is 217 cm³/mol. The molecule has 4 aromatic heterocycles. The molecule has 4 heteroatoms. The van der Waals surface area contributed by atoms with Crippen LogP contribution < -0.4 is 0 Å². The largest absolute Gasteiger partial charge is 0.309 e. The Labute approximate surface area is 297 Å². The van der Waals surface area contributed by atoms with Gasteiger partial charge in [0.05, 0.1) is 26.8 Å². The summed E-state index contributed by atoms with van der Waals surface area (Å²) in [4.78, 5) is 5.07. The van der Waals surface area contributed by atoms with Crippen LogP contribution in [0.5, 0.6) is 0 Å². The van der Waals surface area contributed by atoms with Crippen molar-refractivity contribution in [2.75, 3.05) is 0 Å². The molecule has 0 unspecified atom stereocenters. The summed E-state index contributed by atoms with van der Waals surface area (Å²) >= 11 is 1.82. The van der Waals surface area contributed by atoms with Crippen molar-refractivity contribution < 1.29 is 0 Å². The zero-order valence-corrected chi connectivity index (χ0v) is 28.3. The van der Waals surface area contributed by atoms with Gasteiger partial charge in [0.25, 0.3) is 0 Å². The lowest BCUT2D eigenvalue weighted by Gasteiger charge is -2.11. The van der Waals surface area contributed by atoms with Crippen molar-refractivity contribution in [2.24, 2.45) is 0 Å². The molecule has 11 aromatic rings. The van der Waals surface area contributed by atoms with E-state index in [4.69, 9.17) is 4.98 Å². The second-order valence-electron chi connectivity index (χ2n) is 13.2. The lowest BCUT2D eigenvalue weighted by Crippen LogP contribution is -1.97. The van der Waals surface area contributed by atoms with E-state index in [-0.39, 0.29) is 0 Å². The molecule has 0 N–H and O–H groups in total. The monoisotopic (exact) mass is 667 g/mol. The van der Waals surface area contributed by atoms with E-state index in [1.807, 2.05) is 17.5 Å². The Morgan fingerprint density at radius 2 is 0.961 bits per heavy atom. The lowest BCUT2D eigenvalue weighted by atomic mass is 10.00. The van der Waals surface area contributed by atoms with Crippen LogP contribution in [0.2, 0.25) is 0 Å². The van der Waals surface area contributed by atoms with E-state index in [9.17, 15) is 0 Å². The third-order valence-corrected chi connectivity index (χ3v) is 11.6. The molecular formula is C47H29N3S. The molecule has 238 valence electrons. The number of nitrogens with zero attached hydrogens (tertiary/aromatic N) is 3. The Balaban J connectivity index is 1.15. The second kappa shape index (κ2) is 11.0. The van der Waals surface area contributed by atoms with E-state index < -0.39 is 0 Å². The fourth-order valence-corrected chi connectivity index (χ4v) is 9.31. The highest BCUT2D eigenvalue weighted by molar-refractivity contribution is 7.26. The summed E-state index contributed by atoms with van der Waals surface area (Å²) in [6.45, 7) is 0. The van der Waals surface area contributed by atoms with Gasteiger partial charge in [-0.15, -0.1) is 11.3 Å². The highest BCUT2D eigenvalue weighted by atomic mass is 32.1. The number of hydrogen-bond acceptors (Lipinski definition) is 2. The van der Waals surface area contributed by atoms with Crippen LogP contribution in [0.1, 0.15) is 0 Å². The molecule has 0 amide bonds. The van der Waals surface area contributed by atoms with E-state index >= 15 is 0 Å². The zero-order chi connectivity index (χ0) is 33.5. The number of benzene rings is 7. The first-order valence-electron chi connectivity index (χ1n) is 17.3. The van der Waals surface area contributed by atoms with E-state index in [1.165, 1.54) is 75.0 Å². The van der Waals surface area contributed by atoms with Crippen LogP contribution in [0.3, 0.4) is 0 Å². The minimum Gasteiger partial charge on any atom is -0.309 e. The Kier molecular flexibility index (Phi) is 6.12. The summed E-state index contributed by atoms with van der Waals surface area (Å²) < 4.78 is 7.30. The Morgan fingerprint density at radius 3 is 1.71 bits per heavy atom. The van der Waals surface area contributed by atoms with Gasteiger partial charge in [0.15, 0.2) is 5.82 Å². The lowest BCUT2D eigenvalue weighted by molar-refractivity contribution is 1.10. The van der Waals surface area contributed by atoms with E-state index in [0.717, 1.165) is 22.5 Å². The maximum atomic E-state index is 5.07. The molecular weight excluding hydrogens is 639 g/mol. The summed E-state index contributed by atoms with van der Waals surface area (Å²) in [7, 11) is 0. The second-order valence-corrected chi connectivity index (χ2v) is 14.2. The van der Waals surface area contributed by atoms with Crippen molar-refractivity contribution in [1.29, 1.82) is 0 Å². The van der Waals surface area contributed by atoms with Gasteiger partial charge in [-0.3, -0.25) is 4.57 Å². The van der Waals surface area contributed by atoms with Gasteiger partial charge in [-0.05, 0) is 70.8 Å². The van der Waals surface area contributed by atoms with Crippen molar-refractivity contribution in [3.63, 3.8) is 0 Å². The first-order valence-corrected chi connectivity index (χ1v) is 18.1. The number of fused-ring (bicyclic) bond motifs is 10. The molecule has 0 bridgehead atoms. The Bertz CT molecular complexity index is 3130. The van der Waals surface area contributed by atoms with Crippen LogP contribution in [0.25, 0.3) is 97.5 Å². The van der Waals surface area contributed by atoms with Gasteiger partial charge in [-0.25, -0.2) is 4.98 Å². The SMILES string of the molecule is c1ccc(-c2ccc(-c3cccc(-n4c5ccccc5c5c6c7ccccc7n(-c7nccc8c7sc7ccccc78)c6ccc54)c3)cc2)cc1. The third-order valence-electron chi connectivity index (χ3n) is 10.4. The number of rotatable bonds is 4. The number of para-hydroxylation sites is 2. The molecule has 7 aromatic carbocycles. The van der Waals surface area contributed by atoms with E-state index in [1.54, 1.807) is 0 Å². The van der Waals surface area contributed by atoms with Gasteiger partial charge in [0.2, 0.25) is 0 Å². The normalized spacial score (nSPS) is 11.9. The average molecular weight is 668 g/mol. The van der Waals surface area contributed by atoms with E-state index in [2.05, 4.69) is 179 Å². The number of thiophene rings is 1. The average Bonchev–Trinajstić information content (AvgIpc) is 3.86. The molecule has 3 nitrogen and oxygen atoms in total. The van der Waals surface area contributed by atoms with Crippen LogP contribution in [0, 0.1) is 0 Å². The maximum absolute atomic E-state index is 5.07. The fourth-order valence-electron chi connectivity index (χ4n) is 8.13. The Morgan fingerprint density at radius 1 is 0.392 bits per heavy atom. The molecule has 0 radical (unpaired) electrons. The Hall–Kier alpha value is -6.49. The minimum atomic E-state index is 0.981. The summed E-state index contributed by atoms with van der Waals surface area (Å²) in [5.41, 5.74) is 10.7. The number of pyridine rings is 1. The quantitative estimate of drug-likeness (QED) is 0.183. The van der Waals surface area contributed by atoms with Crippen molar-refractivity contribution in [2.45, 2.75) is 0 Å². The summed E-state index contributed by atoms with van der Waals surface area (Å²) in [5.74, 6) is 0.981. The molecule has 0 aliphatic carbocycles. The molecule has 0 aliphatic heterocycles. The maximum Gasteiger partial charge on any atom is 0.155 e. The van der Waals surface area contributed by atoms with Gasteiger partial charge in [-0.1, -0.05) is 121 Å². The summed E-state index contributed by atoms with van der Waals surface area (Å²) in [5, 5.41) is 7.52. The standard InChI is InChI=1S/C47H29N3S/c1-2-11-30(12-3-1)31-21-23-32(24-22-31)33-13-10-14-34(29-33)49-39-18-7-4-16-37(39)44-41(49)25-26-42-45(44)38-17-5-8-19-40(38)50(42)47-46-36(27-28-48-47)35-15-6-9-20-43(35)51-46/h1-29H. The first kappa shape index (κ1) is 28.4. The van der Waals surface area contributed by atoms with Crippen LogP contribution in [-0.2, 0) is 0 Å². The molecule has 51 heavy (non-hydrogen) atoms. The van der Waals surface area contributed by atoms with Crippen molar-refractivity contribution in [3.8, 4) is 33.8 Å². The number of hydrogen-bond donors (Lipinski definition) is 0. The topological polar surface area (TPSA) is 22.8 Å². The highest BCUT2D eigenvalue weighted by Gasteiger charge is 2.22. The minimum absolute atomic E-state index is 0.981. The van der Waals surface area contributed by atoms with Gasteiger partial charge < -0.3 is 4.57 Å². The fraction of sp³-hybridized carbons (Fsp3) is 0. The van der Waals surface area contributed by atoms with Crippen molar-refractivity contribution >= 4 is 75.1 Å². The van der Waals surface area contributed by atoms with Crippen molar-refractivity contribution in [3.05, 3.63) is 176 Å². The van der Waals surface area contributed by atoms with Crippen LogP contribution in [0.15, 0.2) is 176 Å². The van der Waals surface area contributed by atoms with Gasteiger partial charge in [0, 0.05) is 48.9 Å². The summed E-state index contributed by atoms with van der Waals surface area (Å²) in [6.07, 6.45) is 1.96. The van der Waals surface area contributed by atoms with E-state index in [0.29, 0.717) is 0 Å².